The van der Waals surface area contributed by atoms with Gasteiger partial charge in [-0.25, -0.2) is 14.6 Å². The number of ether oxygens (including phenoxy) is 1. The number of pyridine rings is 1. The van der Waals surface area contributed by atoms with Crippen LogP contribution >= 0.6 is 0 Å². The molecule has 0 aromatic carbocycles. The molecule has 0 spiro atoms. The molecule has 3 heterocycles. The number of H-pyrrole nitrogens is 1. The van der Waals surface area contributed by atoms with Crippen molar-refractivity contribution in [3.63, 3.8) is 0 Å². The second-order valence-electron chi connectivity index (χ2n) is 8.29. The molecule has 0 atom stereocenters. The van der Waals surface area contributed by atoms with E-state index in [0.29, 0.717) is 51.2 Å². The molecule has 1 fully saturated rings. The summed E-state index contributed by atoms with van der Waals surface area (Å²) in [6, 6.07) is 1.49. The van der Waals surface area contributed by atoms with E-state index < -0.39 is 11.2 Å². The highest BCUT2D eigenvalue weighted by Crippen LogP contribution is 2.21. The number of aryl methyl sites for hydroxylation is 1. The van der Waals surface area contributed by atoms with Crippen LogP contribution in [0.15, 0.2) is 15.7 Å². The Bertz CT molecular complexity index is 1110. The molecule has 1 aliphatic rings. The van der Waals surface area contributed by atoms with E-state index in [9.17, 15) is 19.2 Å². The van der Waals surface area contributed by atoms with Crippen molar-refractivity contribution in [1.29, 1.82) is 0 Å². The third kappa shape index (κ3) is 4.84. The Morgan fingerprint density at radius 1 is 1.25 bits per heavy atom. The number of aromatic amines is 1. The summed E-state index contributed by atoms with van der Waals surface area (Å²) >= 11 is 0. The molecule has 2 amide bonds. The van der Waals surface area contributed by atoms with Gasteiger partial charge in [0, 0.05) is 31.4 Å². The number of fused-ring (bicyclic) bond motifs is 1. The van der Waals surface area contributed by atoms with E-state index in [1.54, 1.807) is 17.9 Å². The highest BCUT2D eigenvalue weighted by Gasteiger charge is 2.26. The second-order valence-corrected chi connectivity index (χ2v) is 8.29. The molecule has 32 heavy (non-hydrogen) atoms. The molecule has 1 saturated heterocycles. The Morgan fingerprint density at radius 3 is 2.53 bits per heavy atom. The van der Waals surface area contributed by atoms with Gasteiger partial charge in [-0.05, 0) is 38.2 Å². The predicted molar refractivity (Wildman–Crippen MR) is 120 cm³/mol. The summed E-state index contributed by atoms with van der Waals surface area (Å²) in [6.45, 7) is 9.23. The number of nitrogens with zero attached hydrogens (tertiary/aromatic N) is 3. The lowest BCUT2D eigenvalue weighted by Crippen LogP contribution is -2.47. The van der Waals surface area contributed by atoms with Gasteiger partial charge >= 0.3 is 11.8 Å². The number of aromatic nitrogens is 3. The fourth-order valence-corrected chi connectivity index (χ4v) is 3.88. The molecule has 2 aromatic heterocycles. The smallest absolute Gasteiger partial charge is 0.409 e. The first-order valence-electron chi connectivity index (χ1n) is 11.2. The van der Waals surface area contributed by atoms with E-state index in [0.717, 1.165) is 0 Å². The lowest BCUT2D eigenvalue weighted by atomic mass is 10.0. The molecule has 2 aromatic rings. The van der Waals surface area contributed by atoms with Crippen molar-refractivity contribution in [3.8, 4) is 0 Å². The Kier molecular flexibility index (Phi) is 7.32. The van der Waals surface area contributed by atoms with Crippen LogP contribution < -0.4 is 16.6 Å². The lowest BCUT2D eigenvalue weighted by molar-refractivity contribution is 0.0861. The maximum absolute atomic E-state index is 13.2. The molecule has 174 valence electrons. The minimum atomic E-state index is -0.623. The van der Waals surface area contributed by atoms with Gasteiger partial charge in [0.25, 0.3) is 11.5 Å². The molecule has 2 N–H and O–H groups in total. The van der Waals surface area contributed by atoms with Crippen molar-refractivity contribution in [2.45, 2.75) is 65.5 Å². The van der Waals surface area contributed by atoms with E-state index in [1.165, 1.54) is 4.57 Å². The Labute approximate surface area is 186 Å². The molecule has 0 aliphatic carbocycles. The molecule has 0 bridgehead atoms. The van der Waals surface area contributed by atoms with Crippen molar-refractivity contribution in [2.75, 3.05) is 19.7 Å². The fraction of sp³-hybridized carbons (Fsp3) is 0.591. The van der Waals surface area contributed by atoms with Gasteiger partial charge in [-0.1, -0.05) is 20.8 Å². The molecule has 1 aliphatic heterocycles. The number of hydrogen-bond acceptors (Lipinski definition) is 6. The first-order chi connectivity index (χ1) is 15.3. The highest BCUT2D eigenvalue weighted by molar-refractivity contribution is 6.05. The third-order valence-corrected chi connectivity index (χ3v) is 5.61. The van der Waals surface area contributed by atoms with Crippen LogP contribution in [0, 0.1) is 0 Å². The number of hydrogen-bond donors (Lipinski definition) is 2. The molecule has 10 nitrogen and oxygen atoms in total. The van der Waals surface area contributed by atoms with E-state index in [1.807, 2.05) is 20.8 Å². The minimum absolute atomic E-state index is 0.00299. The summed E-state index contributed by atoms with van der Waals surface area (Å²) in [5, 5.41) is 3.11. The van der Waals surface area contributed by atoms with Gasteiger partial charge in [-0.15, -0.1) is 0 Å². The number of rotatable bonds is 6. The summed E-state index contributed by atoms with van der Waals surface area (Å²) in [5.41, 5.74) is -0.0840. The van der Waals surface area contributed by atoms with Gasteiger partial charge in [-0.3, -0.25) is 19.1 Å². The van der Waals surface area contributed by atoms with Crippen LogP contribution in [0.25, 0.3) is 11.0 Å². The number of carbonyl (C=O) groups excluding carboxylic acids is 2. The van der Waals surface area contributed by atoms with Gasteiger partial charge < -0.3 is 15.0 Å². The van der Waals surface area contributed by atoms with E-state index in [2.05, 4.69) is 15.3 Å². The topological polar surface area (TPSA) is 126 Å². The normalized spacial score (nSPS) is 14.7. The molecular formula is C22H31N5O5. The Morgan fingerprint density at radius 2 is 1.94 bits per heavy atom. The summed E-state index contributed by atoms with van der Waals surface area (Å²) in [4.78, 5) is 58.7. The molecule has 0 saturated carbocycles. The Balaban J connectivity index is 1.93. The van der Waals surface area contributed by atoms with Crippen LogP contribution in [-0.2, 0) is 11.3 Å². The molecule has 10 heteroatoms. The van der Waals surface area contributed by atoms with Crippen molar-refractivity contribution in [1.82, 2.24) is 24.8 Å². The summed E-state index contributed by atoms with van der Waals surface area (Å²) in [6.07, 6.45) is 1.50. The first kappa shape index (κ1) is 23.5. The SMILES string of the molecule is CCCn1c(=O)[nH]c(=O)c2c(C(=O)NC3CCN(C(=O)OCC)CC3)cc(C(C)C)nc21. The van der Waals surface area contributed by atoms with Crippen LogP contribution in [0.3, 0.4) is 0 Å². The predicted octanol–water partition coefficient (Wildman–Crippen LogP) is 1.97. The molecule has 0 unspecified atom stereocenters. The summed E-state index contributed by atoms with van der Waals surface area (Å²) < 4.78 is 6.45. The van der Waals surface area contributed by atoms with Crippen LogP contribution in [0.1, 0.15) is 68.9 Å². The van der Waals surface area contributed by atoms with Gasteiger partial charge in [0.1, 0.15) is 0 Å². The van der Waals surface area contributed by atoms with Crippen LogP contribution in [0.4, 0.5) is 4.79 Å². The van der Waals surface area contributed by atoms with Crippen molar-refractivity contribution < 1.29 is 14.3 Å². The largest absolute Gasteiger partial charge is 0.450 e. The zero-order valence-electron chi connectivity index (χ0n) is 19.1. The highest BCUT2D eigenvalue weighted by atomic mass is 16.6. The van der Waals surface area contributed by atoms with Gasteiger partial charge in [-0.2, -0.15) is 0 Å². The van der Waals surface area contributed by atoms with Gasteiger partial charge in [0.2, 0.25) is 0 Å². The molecular weight excluding hydrogens is 414 g/mol. The zero-order chi connectivity index (χ0) is 23.4. The average molecular weight is 446 g/mol. The quantitative estimate of drug-likeness (QED) is 0.700. The minimum Gasteiger partial charge on any atom is -0.450 e. The third-order valence-electron chi connectivity index (χ3n) is 5.61. The fourth-order valence-electron chi connectivity index (χ4n) is 3.88. The van der Waals surface area contributed by atoms with Crippen molar-refractivity contribution in [2.24, 2.45) is 0 Å². The Hall–Kier alpha value is -3.17. The van der Waals surface area contributed by atoms with Crippen LogP contribution in [-0.4, -0.2) is 57.2 Å². The molecule has 3 rings (SSSR count). The average Bonchev–Trinajstić information content (AvgIpc) is 2.76. The number of amides is 2. The number of nitrogens with one attached hydrogen (secondary N) is 2. The number of carbonyl (C=O) groups is 2. The number of piperidine rings is 1. The zero-order valence-corrected chi connectivity index (χ0v) is 19.1. The summed E-state index contributed by atoms with van der Waals surface area (Å²) in [5.74, 6) is -0.385. The van der Waals surface area contributed by atoms with Crippen LogP contribution in [0.2, 0.25) is 0 Å². The monoisotopic (exact) mass is 445 g/mol. The van der Waals surface area contributed by atoms with Gasteiger partial charge in [0.15, 0.2) is 5.65 Å². The van der Waals surface area contributed by atoms with E-state index >= 15 is 0 Å². The second kappa shape index (κ2) is 9.97. The lowest BCUT2D eigenvalue weighted by Gasteiger charge is -2.31. The summed E-state index contributed by atoms with van der Waals surface area (Å²) in [7, 11) is 0. The van der Waals surface area contributed by atoms with E-state index in [4.69, 9.17) is 4.74 Å². The van der Waals surface area contributed by atoms with Crippen LogP contribution in [0.5, 0.6) is 0 Å². The van der Waals surface area contributed by atoms with Gasteiger partial charge in [0.05, 0.1) is 17.6 Å². The maximum atomic E-state index is 13.2. The standard InChI is InChI=1S/C22H31N5O5/c1-5-9-27-18-17(20(29)25-21(27)30)15(12-16(24-18)13(3)4)19(28)23-14-7-10-26(11-8-14)22(31)32-6-2/h12-14H,5-11H2,1-4H3,(H,23,28)(H,25,29,30). The van der Waals surface area contributed by atoms with E-state index in [-0.39, 0.29) is 40.6 Å². The maximum Gasteiger partial charge on any atom is 0.409 e. The molecule has 0 radical (unpaired) electrons. The van der Waals surface area contributed by atoms with Crippen molar-refractivity contribution >= 4 is 23.0 Å². The number of likely N-dealkylation sites (tertiary alicyclic amines) is 1. The van der Waals surface area contributed by atoms with Crippen molar-refractivity contribution in [3.05, 3.63) is 38.2 Å². The first-order valence-corrected chi connectivity index (χ1v) is 11.2.